The lowest BCUT2D eigenvalue weighted by Gasteiger charge is -2.20. The molecule has 1 aliphatic heterocycles. The Morgan fingerprint density at radius 3 is 2.85 bits per heavy atom. The number of rotatable bonds is 5. The smallest absolute Gasteiger partial charge is 0.415 e. The molecule has 0 bridgehead atoms. The van der Waals surface area contributed by atoms with Gasteiger partial charge in [-0.15, -0.1) is 0 Å². The van der Waals surface area contributed by atoms with Crippen molar-refractivity contribution in [3.63, 3.8) is 0 Å². The third-order valence-electron chi connectivity index (χ3n) is 4.23. The van der Waals surface area contributed by atoms with E-state index in [-0.39, 0.29) is 25.3 Å². The van der Waals surface area contributed by atoms with Crippen molar-refractivity contribution in [1.82, 2.24) is 9.88 Å². The monoisotopic (exact) mass is 356 g/mol. The molecule has 1 fully saturated rings. The molecular formula is C19H20N2O5. The van der Waals surface area contributed by atoms with Gasteiger partial charge in [0.05, 0.1) is 30.5 Å². The summed E-state index contributed by atoms with van der Waals surface area (Å²) in [4.78, 5) is 29.1. The summed E-state index contributed by atoms with van der Waals surface area (Å²) in [6.45, 7) is 5.48. The maximum atomic E-state index is 12.1. The number of carboxylic acids is 1. The van der Waals surface area contributed by atoms with Crippen LogP contribution in [0, 0.1) is 0 Å². The molecule has 0 saturated carbocycles. The Morgan fingerprint density at radius 1 is 1.35 bits per heavy atom. The Balaban J connectivity index is 1.69. The highest BCUT2D eigenvalue weighted by atomic mass is 16.6. The van der Waals surface area contributed by atoms with Gasteiger partial charge in [-0.05, 0) is 13.0 Å². The van der Waals surface area contributed by atoms with Crippen LogP contribution in [0.4, 0.5) is 4.79 Å². The fraction of sp³-hybridized carbons (Fsp3) is 0.316. The summed E-state index contributed by atoms with van der Waals surface area (Å²) in [7, 11) is 0. The van der Waals surface area contributed by atoms with Gasteiger partial charge < -0.3 is 14.6 Å². The Kier molecular flexibility index (Phi) is 5.18. The van der Waals surface area contributed by atoms with Crippen LogP contribution in [-0.4, -0.2) is 45.7 Å². The lowest BCUT2D eigenvalue weighted by Crippen LogP contribution is -2.40. The summed E-state index contributed by atoms with van der Waals surface area (Å²) in [5, 5.41) is 10.4. The fourth-order valence-electron chi connectivity index (χ4n) is 3.05. The average molecular weight is 356 g/mol. The van der Waals surface area contributed by atoms with Gasteiger partial charge in [-0.1, -0.05) is 30.8 Å². The van der Waals surface area contributed by atoms with E-state index in [1.54, 1.807) is 6.20 Å². The number of benzene rings is 1. The molecule has 0 aliphatic carbocycles. The van der Waals surface area contributed by atoms with Crippen LogP contribution < -0.4 is 0 Å². The molecule has 0 radical (unpaired) electrons. The van der Waals surface area contributed by atoms with Crippen molar-refractivity contribution in [2.75, 3.05) is 6.54 Å². The zero-order chi connectivity index (χ0) is 18.7. The van der Waals surface area contributed by atoms with E-state index in [0.29, 0.717) is 0 Å². The van der Waals surface area contributed by atoms with Crippen molar-refractivity contribution < 1.29 is 24.2 Å². The van der Waals surface area contributed by atoms with E-state index in [9.17, 15) is 14.7 Å². The van der Waals surface area contributed by atoms with Gasteiger partial charge in [-0.3, -0.25) is 9.88 Å². The number of hydrogen-bond donors (Lipinski definition) is 1. The summed E-state index contributed by atoms with van der Waals surface area (Å²) in [5.41, 5.74) is 1.76. The number of carboxylic acid groups (broad SMARTS) is 1. The van der Waals surface area contributed by atoms with E-state index < -0.39 is 24.2 Å². The molecule has 1 aliphatic rings. The number of nitrogens with zero attached hydrogens (tertiary/aromatic N) is 2. The first-order valence-electron chi connectivity index (χ1n) is 8.26. The molecule has 0 spiro atoms. The highest BCUT2D eigenvalue weighted by Crippen LogP contribution is 2.24. The zero-order valence-electron chi connectivity index (χ0n) is 14.4. The first-order chi connectivity index (χ1) is 12.5. The van der Waals surface area contributed by atoms with Crippen LogP contribution in [0.5, 0.6) is 0 Å². The van der Waals surface area contributed by atoms with Gasteiger partial charge in [0, 0.05) is 23.6 Å². The maximum absolute atomic E-state index is 12.1. The number of para-hydroxylation sites is 1. The summed E-state index contributed by atoms with van der Waals surface area (Å²) >= 11 is 0. The lowest BCUT2D eigenvalue weighted by atomic mass is 10.1. The molecule has 1 amide bonds. The fourth-order valence-corrected chi connectivity index (χ4v) is 3.05. The molecule has 1 N–H and O–H groups in total. The highest BCUT2D eigenvalue weighted by molar-refractivity contribution is 5.82. The number of allylic oxidation sites excluding steroid dienone is 1. The number of ether oxygens (including phenoxy) is 2. The number of likely N-dealkylation sites (tertiary alicyclic amines) is 1. The minimum atomic E-state index is -1.08. The molecule has 2 heterocycles. The van der Waals surface area contributed by atoms with Crippen LogP contribution in [0.25, 0.3) is 10.9 Å². The van der Waals surface area contributed by atoms with Crippen LogP contribution in [0.15, 0.2) is 48.9 Å². The zero-order valence-corrected chi connectivity index (χ0v) is 14.4. The van der Waals surface area contributed by atoms with Gasteiger partial charge >= 0.3 is 12.1 Å². The Hall–Kier alpha value is -2.93. The minimum Gasteiger partial charge on any atom is -0.480 e. The standard InChI is InChI=1S/C19H20N2O5/c1-12(2)26-19(24)21-10-15(9-16(21)18(22)23)25-11-14-6-3-5-13-7-4-8-20-17(13)14/h3-8,15-16H,1,9-11H2,2H3,(H,22,23)/t15-,16+/m1/s1. The maximum Gasteiger partial charge on any atom is 0.415 e. The predicted molar refractivity (Wildman–Crippen MR) is 94.4 cm³/mol. The molecular weight excluding hydrogens is 336 g/mol. The van der Waals surface area contributed by atoms with Crippen LogP contribution in [0.3, 0.4) is 0 Å². The SMILES string of the molecule is C=C(C)OC(=O)N1C[C@H](OCc2cccc3cccnc23)C[C@H]1C(=O)O. The highest BCUT2D eigenvalue weighted by Gasteiger charge is 2.41. The third kappa shape index (κ3) is 3.83. The lowest BCUT2D eigenvalue weighted by molar-refractivity contribution is -0.141. The van der Waals surface area contributed by atoms with Crippen molar-refractivity contribution in [3.8, 4) is 0 Å². The molecule has 1 saturated heterocycles. The van der Waals surface area contributed by atoms with E-state index >= 15 is 0 Å². The van der Waals surface area contributed by atoms with Crippen LogP contribution in [0.1, 0.15) is 18.9 Å². The molecule has 3 rings (SSSR count). The first-order valence-corrected chi connectivity index (χ1v) is 8.26. The number of pyridine rings is 1. The minimum absolute atomic E-state index is 0.154. The van der Waals surface area contributed by atoms with E-state index in [1.165, 1.54) is 11.8 Å². The second-order valence-electron chi connectivity index (χ2n) is 6.24. The number of fused-ring (bicyclic) bond motifs is 1. The number of aliphatic carboxylic acids is 1. The third-order valence-corrected chi connectivity index (χ3v) is 4.23. The van der Waals surface area contributed by atoms with E-state index in [0.717, 1.165) is 16.5 Å². The summed E-state index contributed by atoms with van der Waals surface area (Å²) in [5.74, 6) is -0.869. The number of amides is 1. The number of hydrogen-bond acceptors (Lipinski definition) is 5. The van der Waals surface area contributed by atoms with Gasteiger partial charge in [0.1, 0.15) is 6.04 Å². The van der Waals surface area contributed by atoms with Gasteiger partial charge in [0.25, 0.3) is 0 Å². The normalized spacial score (nSPS) is 19.5. The number of carbonyl (C=O) groups excluding carboxylic acids is 1. The summed E-state index contributed by atoms with van der Waals surface area (Å²) in [6.07, 6.45) is 0.811. The van der Waals surface area contributed by atoms with Crippen molar-refractivity contribution in [3.05, 3.63) is 54.4 Å². The van der Waals surface area contributed by atoms with Crippen LogP contribution in [0.2, 0.25) is 0 Å². The van der Waals surface area contributed by atoms with E-state index in [2.05, 4.69) is 11.6 Å². The van der Waals surface area contributed by atoms with Crippen LogP contribution >= 0.6 is 0 Å². The van der Waals surface area contributed by atoms with Crippen molar-refractivity contribution in [2.24, 2.45) is 0 Å². The second kappa shape index (κ2) is 7.53. The molecule has 1 aromatic carbocycles. The van der Waals surface area contributed by atoms with Gasteiger partial charge in [0.2, 0.25) is 0 Å². The molecule has 7 heteroatoms. The topological polar surface area (TPSA) is 89.0 Å². The van der Waals surface area contributed by atoms with Gasteiger partial charge in [0.15, 0.2) is 0 Å². The predicted octanol–water partition coefficient (Wildman–Crippen LogP) is 2.95. The largest absolute Gasteiger partial charge is 0.480 e. The Morgan fingerprint density at radius 2 is 2.12 bits per heavy atom. The van der Waals surface area contributed by atoms with Gasteiger partial charge in [-0.2, -0.15) is 0 Å². The number of aromatic nitrogens is 1. The number of carbonyl (C=O) groups is 2. The van der Waals surface area contributed by atoms with Crippen molar-refractivity contribution in [1.29, 1.82) is 0 Å². The summed E-state index contributed by atoms with van der Waals surface area (Å²) < 4.78 is 10.8. The Labute approximate surface area is 150 Å². The molecule has 0 unspecified atom stereocenters. The van der Waals surface area contributed by atoms with Crippen LogP contribution in [-0.2, 0) is 20.9 Å². The Bertz CT molecular complexity index is 845. The summed E-state index contributed by atoms with van der Waals surface area (Å²) in [6, 6.07) is 8.68. The molecule has 1 aromatic heterocycles. The molecule has 2 aromatic rings. The molecule has 136 valence electrons. The van der Waals surface area contributed by atoms with Crippen molar-refractivity contribution in [2.45, 2.75) is 32.1 Å². The average Bonchev–Trinajstić information content (AvgIpc) is 3.04. The van der Waals surface area contributed by atoms with Crippen molar-refractivity contribution >= 4 is 23.0 Å². The van der Waals surface area contributed by atoms with E-state index in [4.69, 9.17) is 9.47 Å². The second-order valence-corrected chi connectivity index (χ2v) is 6.24. The molecule has 7 nitrogen and oxygen atoms in total. The first kappa shape index (κ1) is 17.9. The van der Waals surface area contributed by atoms with Gasteiger partial charge in [-0.25, -0.2) is 9.59 Å². The molecule has 26 heavy (non-hydrogen) atoms. The molecule has 2 atom stereocenters. The van der Waals surface area contributed by atoms with E-state index in [1.807, 2.05) is 30.3 Å². The quantitative estimate of drug-likeness (QED) is 0.829.